The Hall–Kier alpha value is -2.83. The van der Waals surface area contributed by atoms with Gasteiger partial charge in [-0.3, -0.25) is 9.69 Å². The molecule has 1 atom stereocenters. The first-order chi connectivity index (χ1) is 13.6. The van der Waals surface area contributed by atoms with Gasteiger partial charge < -0.3 is 8.83 Å². The Bertz CT molecular complexity index is 967. The van der Waals surface area contributed by atoms with Crippen molar-refractivity contribution in [3.63, 3.8) is 0 Å². The molecule has 0 saturated heterocycles. The maximum absolute atomic E-state index is 13.0. The Labute approximate surface area is 168 Å². The molecule has 0 N–H and O–H groups in total. The molecule has 28 heavy (non-hydrogen) atoms. The first-order valence-corrected chi connectivity index (χ1v) is 9.38. The van der Waals surface area contributed by atoms with Crippen LogP contribution in [0.1, 0.15) is 29.5 Å². The van der Waals surface area contributed by atoms with E-state index in [1.165, 1.54) is 5.01 Å². The van der Waals surface area contributed by atoms with E-state index in [2.05, 4.69) is 5.10 Å². The molecular formula is C21H20ClN3O3. The summed E-state index contributed by atoms with van der Waals surface area (Å²) in [4.78, 5) is 14.9. The normalized spacial score (nSPS) is 16.6. The molecule has 0 saturated carbocycles. The molecule has 6 nitrogen and oxygen atoms in total. The van der Waals surface area contributed by atoms with E-state index in [9.17, 15) is 4.79 Å². The Kier molecular flexibility index (Phi) is 5.32. The lowest BCUT2D eigenvalue weighted by Gasteiger charge is -2.23. The Balaban J connectivity index is 1.50. The van der Waals surface area contributed by atoms with E-state index in [1.807, 2.05) is 60.5 Å². The fourth-order valence-corrected chi connectivity index (χ4v) is 3.51. The molecule has 144 valence electrons. The van der Waals surface area contributed by atoms with Crippen LogP contribution in [0.4, 0.5) is 0 Å². The van der Waals surface area contributed by atoms with Crippen LogP contribution in [0.5, 0.6) is 0 Å². The van der Waals surface area contributed by atoms with Crippen LogP contribution < -0.4 is 0 Å². The quantitative estimate of drug-likeness (QED) is 0.620. The first kappa shape index (κ1) is 18.5. The second-order valence-corrected chi connectivity index (χ2v) is 7.17. The summed E-state index contributed by atoms with van der Waals surface area (Å²) in [5.74, 6) is 1.25. The summed E-state index contributed by atoms with van der Waals surface area (Å²) >= 11 is 6.23. The molecule has 3 heterocycles. The Morgan fingerprint density at radius 3 is 2.68 bits per heavy atom. The summed E-state index contributed by atoms with van der Waals surface area (Å²) < 4.78 is 11.0. The molecule has 1 unspecified atom stereocenters. The third kappa shape index (κ3) is 3.88. The predicted octanol–water partition coefficient (Wildman–Crippen LogP) is 4.34. The summed E-state index contributed by atoms with van der Waals surface area (Å²) in [5, 5.41) is 6.73. The Morgan fingerprint density at radius 1 is 1.18 bits per heavy atom. The van der Waals surface area contributed by atoms with E-state index in [4.69, 9.17) is 20.4 Å². The van der Waals surface area contributed by atoms with Crippen molar-refractivity contribution in [3.05, 3.63) is 83.2 Å². The molecule has 7 heteroatoms. The van der Waals surface area contributed by atoms with E-state index in [0.717, 1.165) is 11.3 Å². The van der Waals surface area contributed by atoms with Crippen LogP contribution in [0.3, 0.4) is 0 Å². The summed E-state index contributed by atoms with van der Waals surface area (Å²) in [6, 6.07) is 14.7. The fraction of sp³-hybridized carbons (Fsp3) is 0.238. The third-order valence-electron chi connectivity index (χ3n) is 4.65. The van der Waals surface area contributed by atoms with Gasteiger partial charge in [0.15, 0.2) is 0 Å². The van der Waals surface area contributed by atoms with Crippen molar-refractivity contribution < 1.29 is 13.6 Å². The minimum absolute atomic E-state index is 0.113. The van der Waals surface area contributed by atoms with Gasteiger partial charge in [0.25, 0.3) is 5.91 Å². The second-order valence-electron chi connectivity index (χ2n) is 6.76. The maximum atomic E-state index is 13.0. The number of halogens is 1. The van der Waals surface area contributed by atoms with Gasteiger partial charge in [0.2, 0.25) is 0 Å². The lowest BCUT2D eigenvalue weighted by Crippen LogP contribution is -2.36. The third-order valence-corrected chi connectivity index (χ3v) is 5.02. The summed E-state index contributed by atoms with van der Waals surface area (Å²) in [5.41, 5.74) is 1.71. The number of nitrogens with zero attached hydrogens (tertiary/aromatic N) is 3. The molecule has 1 aliphatic heterocycles. The zero-order valence-electron chi connectivity index (χ0n) is 15.4. The molecule has 4 rings (SSSR count). The van der Waals surface area contributed by atoms with Crippen molar-refractivity contribution in [2.75, 3.05) is 13.6 Å². The molecule has 0 aliphatic carbocycles. The molecule has 0 bridgehead atoms. The predicted molar refractivity (Wildman–Crippen MR) is 106 cm³/mol. The van der Waals surface area contributed by atoms with Gasteiger partial charge in [0.05, 0.1) is 19.1 Å². The highest BCUT2D eigenvalue weighted by Gasteiger charge is 2.35. The number of hydrogen-bond donors (Lipinski definition) is 0. The SMILES string of the molecule is CN(CC(=O)N1N=C(c2ccco2)CC1c1ccco1)Cc1ccccc1Cl. The lowest BCUT2D eigenvalue weighted by atomic mass is 10.1. The molecule has 0 spiro atoms. The van der Waals surface area contributed by atoms with Crippen molar-refractivity contribution >= 4 is 23.2 Å². The minimum atomic E-state index is -0.281. The number of carbonyl (C=O) groups is 1. The maximum Gasteiger partial charge on any atom is 0.257 e. The molecule has 2 aromatic heterocycles. The van der Waals surface area contributed by atoms with E-state index in [-0.39, 0.29) is 18.5 Å². The molecule has 3 aromatic rings. The van der Waals surface area contributed by atoms with Crippen molar-refractivity contribution in [3.8, 4) is 0 Å². The molecule has 1 amide bonds. The number of hydrazone groups is 1. The molecular weight excluding hydrogens is 378 g/mol. The average Bonchev–Trinajstić information content (AvgIpc) is 3.43. The van der Waals surface area contributed by atoms with E-state index >= 15 is 0 Å². The lowest BCUT2D eigenvalue weighted by molar-refractivity contribution is -0.134. The van der Waals surface area contributed by atoms with Gasteiger partial charge in [-0.1, -0.05) is 29.8 Å². The molecule has 0 radical (unpaired) electrons. The number of furan rings is 2. The first-order valence-electron chi connectivity index (χ1n) is 9.00. The molecule has 0 fully saturated rings. The average molecular weight is 398 g/mol. The van der Waals surface area contributed by atoms with Crippen LogP contribution in [-0.2, 0) is 11.3 Å². The summed E-state index contributed by atoms with van der Waals surface area (Å²) in [6.45, 7) is 0.775. The number of carbonyl (C=O) groups excluding carboxylic acids is 1. The van der Waals surface area contributed by atoms with Gasteiger partial charge in [-0.2, -0.15) is 5.10 Å². The van der Waals surface area contributed by atoms with Crippen molar-refractivity contribution in [1.82, 2.24) is 9.91 Å². The van der Waals surface area contributed by atoms with Crippen LogP contribution in [0, 0.1) is 0 Å². The van der Waals surface area contributed by atoms with Crippen LogP contribution in [-0.4, -0.2) is 35.1 Å². The number of benzene rings is 1. The zero-order chi connectivity index (χ0) is 19.5. The zero-order valence-corrected chi connectivity index (χ0v) is 16.2. The Morgan fingerprint density at radius 2 is 1.96 bits per heavy atom. The smallest absolute Gasteiger partial charge is 0.257 e. The second kappa shape index (κ2) is 8.04. The fourth-order valence-electron chi connectivity index (χ4n) is 3.31. The van der Waals surface area contributed by atoms with E-state index in [0.29, 0.717) is 29.5 Å². The monoisotopic (exact) mass is 397 g/mol. The summed E-state index contributed by atoms with van der Waals surface area (Å²) in [7, 11) is 1.89. The van der Waals surface area contributed by atoms with Crippen LogP contribution in [0.15, 0.2) is 75.0 Å². The van der Waals surface area contributed by atoms with Crippen LogP contribution in [0.25, 0.3) is 0 Å². The minimum Gasteiger partial charge on any atom is -0.467 e. The topological polar surface area (TPSA) is 62.2 Å². The van der Waals surface area contributed by atoms with Crippen LogP contribution in [0.2, 0.25) is 5.02 Å². The molecule has 1 aliphatic rings. The number of rotatable bonds is 6. The highest BCUT2D eigenvalue weighted by molar-refractivity contribution is 6.31. The highest BCUT2D eigenvalue weighted by atomic mass is 35.5. The van der Waals surface area contributed by atoms with Crippen molar-refractivity contribution in [2.45, 2.75) is 19.0 Å². The number of amides is 1. The van der Waals surface area contributed by atoms with E-state index in [1.54, 1.807) is 12.5 Å². The number of hydrogen-bond acceptors (Lipinski definition) is 5. The van der Waals surface area contributed by atoms with Crippen molar-refractivity contribution in [1.29, 1.82) is 0 Å². The van der Waals surface area contributed by atoms with Gasteiger partial charge in [0.1, 0.15) is 23.3 Å². The van der Waals surface area contributed by atoms with Gasteiger partial charge in [-0.15, -0.1) is 0 Å². The van der Waals surface area contributed by atoms with Gasteiger partial charge >= 0.3 is 0 Å². The molecule has 1 aromatic carbocycles. The highest BCUT2D eigenvalue weighted by Crippen LogP contribution is 2.33. The van der Waals surface area contributed by atoms with Gasteiger partial charge in [0, 0.05) is 18.0 Å². The van der Waals surface area contributed by atoms with Crippen LogP contribution >= 0.6 is 11.6 Å². The number of likely N-dealkylation sites (N-methyl/N-ethyl adjacent to an activating group) is 1. The van der Waals surface area contributed by atoms with E-state index < -0.39 is 0 Å². The summed E-state index contributed by atoms with van der Waals surface area (Å²) in [6.07, 6.45) is 3.75. The van der Waals surface area contributed by atoms with Gasteiger partial charge in [-0.25, -0.2) is 5.01 Å². The van der Waals surface area contributed by atoms with Crippen molar-refractivity contribution in [2.24, 2.45) is 5.10 Å². The largest absolute Gasteiger partial charge is 0.467 e. The van der Waals surface area contributed by atoms with Gasteiger partial charge in [-0.05, 0) is 42.9 Å². The standard InChI is InChI=1S/C21H20ClN3O3/c1-24(13-15-6-2-3-7-16(15)22)14-21(26)25-18(20-9-5-11-28-20)12-17(23-25)19-8-4-10-27-19/h2-11,18H,12-14H2,1H3.